The molecule has 2 unspecified atom stereocenters. The number of carbonyl (C=O) groups excluding carboxylic acids is 2. The molecule has 3 saturated heterocycles. The Morgan fingerprint density at radius 3 is 2.57 bits per heavy atom. The van der Waals surface area contributed by atoms with E-state index >= 15 is 0 Å². The third-order valence-corrected chi connectivity index (χ3v) is 7.57. The molecule has 1 aromatic carbocycles. The third-order valence-electron chi connectivity index (χ3n) is 7.57. The van der Waals surface area contributed by atoms with Crippen LogP contribution in [0.4, 0.5) is 5.69 Å². The molecule has 9 nitrogen and oxygen atoms in total. The SMILES string of the molecule is C=CCN(C(=O)C1N([C@@H](CO)CC(C)C)C(=O)[C@@H]2[C@H](C(=O)O)[C@@H]3CCC12O3)c1ccc(OC)cc1. The van der Waals surface area contributed by atoms with E-state index in [0.29, 0.717) is 30.7 Å². The predicted octanol–water partition coefficient (Wildman–Crippen LogP) is 2.08. The molecule has 0 radical (unpaired) electrons. The van der Waals surface area contributed by atoms with Gasteiger partial charge in [0.1, 0.15) is 17.4 Å². The maximum atomic E-state index is 14.3. The monoisotopic (exact) mass is 486 g/mol. The first-order chi connectivity index (χ1) is 16.7. The topological polar surface area (TPSA) is 117 Å². The highest BCUT2D eigenvalue weighted by atomic mass is 16.5. The number of nitrogens with zero attached hydrogens (tertiary/aromatic N) is 2. The molecule has 4 rings (SSSR count). The average Bonchev–Trinajstić information content (AvgIpc) is 3.48. The number of rotatable bonds is 10. The number of anilines is 1. The van der Waals surface area contributed by atoms with Gasteiger partial charge >= 0.3 is 5.97 Å². The Balaban J connectivity index is 1.81. The van der Waals surface area contributed by atoms with E-state index in [0.717, 1.165) is 0 Å². The molecule has 0 saturated carbocycles. The lowest BCUT2D eigenvalue weighted by Gasteiger charge is -2.39. The van der Waals surface area contributed by atoms with E-state index in [1.807, 2.05) is 13.8 Å². The Morgan fingerprint density at radius 1 is 1.34 bits per heavy atom. The molecule has 2 N–H and O–H groups in total. The fourth-order valence-electron chi connectivity index (χ4n) is 6.23. The molecule has 35 heavy (non-hydrogen) atoms. The van der Waals surface area contributed by atoms with Crippen molar-refractivity contribution < 1.29 is 34.1 Å². The number of fused-ring (bicyclic) bond motifs is 1. The molecule has 3 heterocycles. The molecule has 3 fully saturated rings. The highest BCUT2D eigenvalue weighted by Gasteiger charge is 2.75. The number of carbonyl (C=O) groups is 3. The van der Waals surface area contributed by atoms with Crippen molar-refractivity contribution >= 4 is 23.5 Å². The predicted molar refractivity (Wildman–Crippen MR) is 128 cm³/mol. The van der Waals surface area contributed by atoms with E-state index in [9.17, 15) is 24.6 Å². The molecule has 0 aliphatic carbocycles. The molecule has 9 heteroatoms. The summed E-state index contributed by atoms with van der Waals surface area (Å²) in [6.07, 6.45) is 2.35. The molecule has 3 aliphatic heterocycles. The number of methoxy groups -OCH3 is 1. The minimum absolute atomic E-state index is 0.145. The van der Waals surface area contributed by atoms with Crippen LogP contribution in [0.2, 0.25) is 0 Å². The zero-order valence-corrected chi connectivity index (χ0v) is 20.4. The van der Waals surface area contributed by atoms with Crippen LogP contribution in [0.15, 0.2) is 36.9 Å². The number of hydrogen-bond donors (Lipinski definition) is 2. The van der Waals surface area contributed by atoms with Crippen LogP contribution in [0.25, 0.3) is 0 Å². The number of ether oxygens (including phenoxy) is 2. The number of aliphatic carboxylic acids is 1. The summed E-state index contributed by atoms with van der Waals surface area (Å²) in [5.74, 6) is -3.09. The maximum absolute atomic E-state index is 14.3. The lowest BCUT2D eigenvalue weighted by Crippen LogP contribution is -2.59. The highest BCUT2D eigenvalue weighted by Crippen LogP contribution is 2.59. The van der Waals surface area contributed by atoms with Gasteiger partial charge in [0.05, 0.1) is 37.7 Å². The minimum atomic E-state index is -1.24. The van der Waals surface area contributed by atoms with Crippen molar-refractivity contribution in [1.29, 1.82) is 0 Å². The molecule has 0 aromatic heterocycles. The van der Waals surface area contributed by atoms with Crippen LogP contribution in [-0.4, -0.2) is 76.9 Å². The van der Waals surface area contributed by atoms with Crippen molar-refractivity contribution in [2.45, 2.75) is 56.9 Å². The lowest BCUT2D eigenvalue weighted by atomic mass is 9.70. The summed E-state index contributed by atoms with van der Waals surface area (Å²) in [5.41, 5.74) is -0.646. The summed E-state index contributed by atoms with van der Waals surface area (Å²) in [5, 5.41) is 20.2. The van der Waals surface area contributed by atoms with Crippen LogP contribution >= 0.6 is 0 Å². The Hall–Kier alpha value is -2.91. The second kappa shape index (κ2) is 9.62. The molecule has 6 atom stereocenters. The first-order valence-corrected chi connectivity index (χ1v) is 12.1. The standard InChI is InChI=1S/C26H34N2O7/c1-5-12-27(16-6-8-18(34-4)9-7-16)24(31)22-26-11-10-19(35-26)20(25(32)33)21(26)23(30)28(22)17(14-29)13-15(2)3/h5-9,15,17,19-22,29H,1,10-14H2,2-4H3,(H,32,33)/t17-,19+,20-,21+,22?,26?/m1/s1. The summed E-state index contributed by atoms with van der Waals surface area (Å²) in [4.78, 5) is 43.3. The third kappa shape index (κ3) is 4.00. The normalized spacial score (nSPS) is 29.9. The first-order valence-electron chi connectivity index (χ1n) is 12.1. The number of amides is 2. The average molecular weight is 487 g/mol. The zero-order valence-electron chi connectivity index (χ0n) is 20.4. The molecular weight excluding hydrogens is 452 g/mol. The van der Waals surface area contributed by atoms with Crippen molar-refractivity contribution in [3.63, 3.8) is 0 Å². The molecule has 1 aromatic rings. The number of aliphatic hydroxyl groups excluding tert-OH is 1. The van der Waals surface area contributed by atoms with Crippen molar-refractivity contribution in [1.82, 2.24) is 4.90 Å². The van der Waals surface area contributed by atoms with Crippen molar-refractivity contribution in [2.24, 2.45) is 17.8 Å². The number of aliphatic hydroxyl groups is 1. The Bertz CT molecular complexity index is 994. The zero-order chi connectivity index (χ0) is 25.5. The van der Waals surface area contributed by atoms with E-state index in [1.165, 1.54) is 9.80 Å². The van der Waals surface area contributed by atoms with E-state index < -0.39 is 47.5 Å². The molecular formula is C26H34N2O7. The number of carboxylic acids is 1. The van der Waals surface area contributed by atoms with E-state index in [-0.39, 0.29) is 25.0 Å². The van der Waals surface area contributed by atoms with Gasteiger partial charge in [-0.2, -0.15) is 0 Å². The van der Waals surface area contributed by atoms with Gasteiger partial charge in [-0.1, -0.05) is 19.9 Å². The van der Waals surface area contributed by atoms with Crippen LogP contribution in [0.3, 0.4) is 0 Å². The van der Waals surface area contributed by atoms with Gasteiger partial charge in [-0.15, -0.1) is 6.58 Å². The van der Waals surface area contributed by atoms with Crippen LogP contribution in [0.1, 0.15) is 33.1 Å². The van der Waals surface area contributed by atoms with Gasteiger partial charge < -0.3 is 29.5 Å². The Kier molecular flexibility index (Phi) is 6.92. The fourth-order valence-corrected chi connectivity index (χ4v) is 6.23. The number of likely N-dealkylation sites (tertiary alicyclic amines) is 1. The molecule has 2 amide bonds. The largest absolute Gasteiger partial charge is 0.497 e. The van der Waals surface area contributed by atoms with Gasteiger partial charge in [0, 0.05) is 12.2 Å². The Morgan fingerprint density at radius 2 is 2.03 bits per heavy atom. The second-order valence-electron chi connectivity index (χ2n) is 10.0. The van der Waals surface area contributed by atoms with Gasteiger partial charge in [0.15, 0.2) is 0 Å². The number of hydrogen-bond acceptors (Lipinski definition) is 6. The van der Waals surface area contributed by atoms with Gasteiger partial charge in [0.25, 0.3) is 5.91 Å². The molecule has 1 spiro atoms. The molecule has 190 valence electrons. The second-order valence-corrected chi connectivity index (χ2v) is 10.0. The van der Waals surface area contributed by atoms with E-state index in [4.69, 9.17) is 9.47 Å². The maximum Gasteiger partial charge on any atom is 0.310 e. The van der Waals surface area contributed by atoms with Crippen LogP contribution in [0, 0.1) is 17.8 Å². The van der Waals surface area contributed by atoms with Gasteiger partial charge in [-0.25, -0.2) is 0 Å². The van der Waals surface area contributed by atoms with Crippen LogP contribution in [-0.2, 0) is 19.1 Å². The van der Waals surface area contributed by atoms with Crippen molar-refractivity contribution in [2.75, 3.05) is 25.2 Å². The fraction of sp³-hybridized carbons (Fsp3) is 0.577. The quantitative estimate of drug-likeness (QED) is 0.487. The summed E-state index contributed by atoms with van der Waals surface area (Å²) in [6.45, 7) is 7.60. The number of carboxylic acid groups (broad SMARTS) is 1. The van der Waals surface area contributed by atoms with Gasteiger partial charge in [0.2, 0.25) is 5.91 Å². The highest BCUT2D eigenvalue weighted by molar-refractivity contribution is 6.04. The first kappa shape index (κ1) is 25.2. The molecule has 2 bridgehead atoms. The van der Waals surface area contributed by atoms with Crippen molar-refractivity contribution in [3.05, 3.63) is 36.9 Å². The lowest BCUT2D eigenvalue weighted by molar-refractivity contribution is -0.151. The van der Waals surface area contributed by atoms with Gasteiger partial charge in [-0.3, -0.25) is 14.4 Å². The summed E-state index contributed by atoms with van der Waals surface area (Å²) in [6, 6.07) is 5.31. The van der Waals surface area contributed by atoms with E-state index in [2.05, 4.69) is 6.58 Å². The summed E-state index contributed by atoms with van der Waals surface area (Å²) < 4.78 is 11.5. The minimum Gasteiger partial charge on any atom is -0.497 e. The summed E-state index contributed by atoms with van der Waals surface area (Å²) >= 11 is 0. The Labute approximate surface area is 205 Å². The van der Waals surface area contributed by atoms with Crippen LogP contribution in [0.5, 0.6) is 5.75 Å². The smallest absolute Gasteiger partial charge is 0.310 e. The van der Waals surface area contributed by atoms with Gasteiger partial charge in [-0.05, 0) is 49.4 Å². The number of benzene rings is 1. The van der Waals surface area contributed by atoms with Crippen LogP contribution < -0.4 is 9.64 Å². The van der Waals surface area contributed by atoms with E-state index in [1.54, 1.807) is 37.5 Å². The molecule has 3 aliphatic rings. The summed E-state index contributed by atoms with van der Waals surface area (Å²) in [7, 11) is 1.56. The van der Waals surface area contributed by atoms with Crippen molar-refractivity contribution in [3.8, 4) is 5.75 Å².